The molecule has 1 unspecified atom stereocenters. The smallest absolute Gasteiger partial charge is 0.237 e. The van der Waals surface area contributed by atoms with Crippen molar-refractivity contribution in [3.63, 3.8) is 0 Å². The topological polar surface area (TPSA) is 77.5 Å². The molecule has 1 aromatic carbocycles. The van der Waals surface area contributed by atoms with Crippen LogP contribution in [0, 0.1) is 6.92 Å². The Hall–Kier alpha value is -3.30. The minimum Gasteiger partial charge on any atom is -0.474 e. The largest absolute Gasteiger partial charge is 0.474 e. The van der Waals surface area contributed by atoms with Crippen molar-refractivity contribution in [2.45, 2.75) is 73.6 Å². The summed E-state index contributed by atoms with van der Waals surface area (Å²) in [4.78, 5) is 20.6. The molecule has 0 bridgehead atoms. The number of aromatic nitrogens is 1. The highest BCUT2D eigenvalue weighted by Crippen LogP contribution is 2.35. The van der Waals surface area contributed by atoms with Crippen LogP contribution >= 0.6 is 0 Å². The van der Waals surface area contributed by atoms with Crippen molar-refractivity contribution < 1.29 is 12.4 Å². The zero-order chi connectivity index (χ0) is 30.3. The molecule has 9 heteroatoms. The Labute approximate surface area is 255 Å². The summed E-state index contributed by atoms with van der Waals surface area (Å²) in [6.07, 6.45) is 5.06. The number of fused-ring (bicyclic) bond motifs is 1. The number of hydroxylamine groups is 2. The molecule has 2 fully saturated rings. The van der Waals surface area contributed by atoms with Crippen LogP contribution in [-0.2, 0) is 4.84 Å². The summed E-state index contributed by atoms with van der Waals surface area (Å²) >= 11 is 0. The van der Waals surface area contributed by atoms with E-state index in [0.717, 1.165) is 75.0 Å². The predicted octanol–water partition coefficient (Wildman–Crippen LogP) is 6.62. The number of nitrogens with one attached hydrogen (secondary N) is 2. The molecule has 3 aliphatic heterocycles. The third kappa shape index (κ3) is 7.95. The Morgan fingerprint density at radius 1 is 1.10 bits per heavy atom. The van der Waals surface area contributed by atoms with Gasteiger partial charge in [0.15, 0.2) is 0 Å². The minimum absolute atomic E-state index is 0. The maximum atomic E-state index is 6.03. The standard InChI is InChI=1S/C31H45N7O2.C2H6.2H2/c1-7-24-12-14-37(28-20-33-30-29(22(28)2)32-13-19-39-30)21-27(24)35-23(3)34-25-8-10-26(11-9-25)36-15-17-38(18-16-36)40-31(4,5)6;1-2;;/h7-11,20,23,32,34H,12-19,21H2,1-6H3;1-2H3;2*1H/b24-7-,35-27-;;;. The van der Waals surface area contributed by atoms with Gasteiger partial charge in [0.2, 0.25) is 5.88 Å². The summed E-state index contributed by atoms with van der Waals surface area (Å²) in [6, 6.07) is 8.72. The van der Waals surface area contributed by atoms with E-state index in [1.807, 2.05) is 20.0 Å². The summed E-state index contributed by atoms with van der Waals surface area (Å²) in [7, 11) is 0. The van der Waals surface area contributed by atoms with Gasteiger partial charge < -0.3 is 25.2 Å². The van der Waals surface area contributed by atoms with Crippen LogP contribution in [0.5, 0.6) is 5.88 Å². The van der Waals surface area contributed by atoms with Gasteiger partial charge in [-0.1, -0.05) is 19.9 Å². The lowest BCUT2D eigenvalue weighted by Crippen LogP contribution is -2.48. The van der Waals surface area contributed by atoms with Crippen molar-refractivity contribution in [3.05, 3.63) is 47.7 Å². The van der Waals surface area contributed by atoms with Gasteiger partial charge in [-0.3, -0.25) is 9.83 Å². The van der Waals surface area contributed by atoms with Gasteiger partial charge in [-0.05, 0) is 77.8 Å². The molecule has 234 valence electrons. The van der Waals surface area contributed by atoms with Crippen molar-refractivity contribution in [1.29, 1.82) is 0 Å². The summed E-state index contributed by atoms with van der Waals surface area (Å²) in [5.74, 6) is 0.702. The Morgan fingerprint density at radius 3 is 2.48 bits per heavy atom. The number of nitrogens with zero attached hydrogens (tertiary/aromatic N) is 5. The minimum atomic E-state index is -0.150. The SMILES string of the molecule is C/C=C1/CCN(c2cnc3c(c2C)NCCO3)C/C1=N/C(C)Nc1ccc(N2CCN(OC(C)(C)C)CC2)cc1.CC.[HH].[HH]. The second-order valence-corrected chi connectivity index (χ2v) is 11.8. The first-order valence-corrected chi connectivity index (χ1v) is 15.6. The molecule has 1 atom stereocenters. The van der Waals surface area contributed by atoms with Gasteiger partial charge in [-0.25, -0.2) is 4.98 Å². The number of anilines is 4. The van der Waals surface area contributed by atoms with Gasteiger partial charge in [-0.15, -0.1) is 0 Å². The van der Waals surface area contributed by atoms with Crippen molar-refractivity contribution in [2.75, 3.05) is 72.9 Å². The monoisotopic (exact) mass is 581 g/mol. The highest BCUT2D eigenvalue weighted by molar-refractivity contribution is 6.04. The Morgan fingerprint density at radius 2 is 1.81 bits per heavy atom. The van der Waals surface area contributed by atoms with Crippen molar-refractivity contribution >= 4 is 28.5 Å². The second kappa shape index (κ2) is 14.2. The zero-order valence-electron chi connectivity index (χ0n) is 27.0. The van der Waals surface area contributed by atoms with Gasteiger partial charge in [-0.2, -0.15) is 5.06 Å². The van der Waals surface area contributed by atoms with Crippen molar-refractivity contribution in [2.24, 2.45) is 4.99 Å². The molecule has 42 heavy (non-hydrogen) atoms. The number of hydrogen-bond acceptors (Lipinski definition) is 9. The third-order valence-corrected chi connectivity index (χ3v) is 7.57. The summed E-state index contributed by atoms with van der Waals surface area (Å²) in [6.45, 7) is 23.6. The molecule has 3 aliphatic rings. The molecule has 0 radical (unpaired) electrons. The van der Waals surface area contributed by atoms with Crippen molar-refractivity contribution in [3.8, 4) is 5.88 Å². The molecule has 2 saturated heterocycles. The van der Waals surface area contributed by atoms with E-state index in [9.17, 15) is 0 Å². The van der Waals surface area contributed by atoms with E-state index in [4.69, 9.17) is 14.6 Å². The van der Waals surface area contributed by atoms with E-state index in [1.54, 1.807) is 0 Å². The number of pyridine rings is 1. The number of rotatable bonds is 6. The third-order valence-electron chi connectivity index (χ3n) is 7.57. The molecule has 9 nitrogen and oxygen atoms in total. The zero-order valence-corrected chi connectivity index (χ0v) is 27.0. The normalized spacial score (nSPS) is 20.3. The molecule has 5 rings (SSSR count). The number of piperidine rings is 1. The van der Waals surface area contributed by atoms with Crippen LogP contribution in [-0.4, -0.2) is 79.9 Å². The van der Waals surface area contributed by atoms with E-state index in [0.29, 0.717) is 12.5 Å². The summed E-state index contributed by atoms with van der Waals surface area (Å²) in [5.41, 5.74) is 7.95. The fraction of sp³-hybridized carbons (Fsp3) is 0.576. The van der Waals surface area contributed by atoms with Crippen LogP contribution in [0.4, 0.5) is 22.7 Å². The first-order valence-electron chi connectivity index (χ1n) is 15.6. The molecular weight excluding hydrogens is 526 g/mol. The molecule has 0 saturated carbocycles. The summed E-state index contributed by atoms with van der Waals surface area (Å²) in [5, 5.41) is 9.13. The van der Waals surface area contributed by atoms with Crippen LogP contribution in [0.3, 0.4) is 0 Å². The van der Waals surface area contributed by atoms with E-state index in [1.165, 1.54) is 16.8 Å². The lowest BCUT2D eigenvalue weighted by molar-refractivity contribution is -0.230. The maximum absolute atomic E-state index is 6.03. The Bertz CT molecular complexity index is 1240. The first-order chi connectivity index (χ1) is 20.2. The van der Waals surface area contributed by atoms with Gasteiger partial charge in [0, 0.05) is 59.1 Å². The number of benzene rings is 1. The van der Waals surface area contributed by atoms with Crippen LogP contribution < -0.4 is 25.2 Å². The molecule has 1 aromatic heterocycles. The average Bonchev–Trinajstić information content (AvgIpc) is 2.98. The van der Waals surface area contributed by atoms with Gasteiger partial charge in [0.05, 0.1) is 29.7 Å². The number of hydrogen-bond donors (Lipinski definition) is 2. The van der Waals surface area contributed by atoms with E-state index >= 15 is 0 Å². The van der Waals surface area contributed by atoms with Crippen LogP contribution in [0.25, 0.3) is 0 Å². The highest BCUT2D eigenvalue weighted by Gasteiger charge is 2.25. The molecule has 0 amide bonds. The Balaban J connectivity index is 0.00000165. The molecule has 2 N–H and O–H groups in total. The Kier molecular flexibility index (Phi) is 10.7. The first kappa shape index (κ1) is 31.6. The molecule has 4 heterocycles. The maximum Gasteiger partial charge on any atom is 0.237 e. The van der Waals surface area contributed by atoms with Gasteiger partial charge >= 0.3 is 0 Å². The van der Waals surface area contributed by atoms with Gasteiger partial charge in [0.25, 0.3) is 0 Å². The highest BCUT2D eigenvalue weighted by atomic mass is 16.7. The predicted molar refractivity (Wildman–Crippen MR) is 181 cm³/mol. The fourth-order valence-electron chi connectivity index (χ4n) is 5.63. The average molecular weight is 582 g/mol. The fourth-order valence-corrected chi connectivity index (χ4v) is 5.63. The quantitative estimate of drug-likeness (QED) is 0.394. The van der Waals surface area contributed by atoms with E-state index < -0.39 is 0 Å². The molecule has 2 aromatic rings. The molecule has 0 spiro atoms. The number of piperazine rings is 1. The second-order valence-electron chi connectivity index (χ2n) is 11.8. The van der Waals surface area contributed by atoms with Crippen LogP contribution in [0.2, 0.25) is 0 Å². The number of ether oxygens (including phenoxy) is 1. The number of allylic oxidation sites excluding steroid dienone is 1. The van der Waals surface area contributed by atoms with Gasteiger partial charge in [0.1, 0.15) is 18.5 Å². The van der Waals surface area contributed by atoms with Crippen LogP contribution in [0.15, 0.2) is 47.1 Å². The van der Waals surface area contributed by atoms with Crippen LogP contribution in [0.1, 0.15) is 63.3 Å². The van der Waals surface area contributed by atoms with Crippen molar-refractivity contribution in [1.82, 2.24) is 10.0 Å². The lowest BCUT2D eigenvalue weighted by Gasteiger charge is -2.38. The molecule has 0 aliphatic carbocycles. The summed E-state index contributed by atoms with van der Waals surface area (Å²) < 4.78 is 5.73. The van der Waals surface area contributed by atoms with E-state index in [-0.39, 0.29) is 14.6 Å². The molecular formula is C33H55N7O2. The lowest BCUT2D eigenvalue weighted by atomic mass is 10.00. The van der Waals surface area contributed by atoms with E-state index in [2.05, 4.69) is 102 Å². The number of aliphatic imine (C=N–C) groups is 1.